The molecule has 1 aliphatic carbocycles. The molecule has 0 heterocycles. The first-order valence-corrected chi connectivity index (χ1v) is 5.09. The van der Waals surface area contributed by atoms with Crippen LogP contribution in [0.2, 0.25) is 0 Å². The van der Waals surface area contributed by atoms with Crippen molar-refractivity contribution in [3.63, 3.8) is 0 Å². The van der Waals surface area contributed by atoms with Gasteiger partial charge in [-0.2, -0.15) is 0 Å². The number of hydrogen-bond acceptors (Lipinski definition) is 3. The van der Waals surface area contributed by atoms with Gasteiger partial charge >= 0.3 is 5.97 Å². The molecular formula is C9H16ClNO2. The Balaban J connectivity index is 2.26. The molecule has 0 radical (unpaired) electrons. The average molecular weight is 206 g/mol. The molecule has 0 saturated heterocycles. The number of ether oxygens (including phenoxy) is 1. The molecule has 0 aliphatic heterocycles. The highest BCUT2D eigenvalue weighted by Gasteiger charge is 2.32. The highest BCUT2D eigenvalue weighted by Crippen LogP contribution is 2.32. The number of carbonyl (C=O) groups excluding carboxylic acids is 1. The normalized spacial score (nSPS) is 20.2. The Kier molecular flexibility index (Phi) is 4.00. The number of esters is 1. The van der Waals surface area contributed by atoms with Crippen LogP contribution in [0.15, 0.2) is 0 Å². The first-order valence-electron chi connectivity index (χ1n) is 4.72. The van der Waals surface area contributed by atoms with Gasteiger partial charge in [0.15, 0.2) is 0 Å². The third kappa shape index (κ3) is 3.53. The fourth-order valence-corrected chi connectivity index (χ4v) is 1.79. The molecule has 4 heteroatoms. The van der Waals surface area contributed by atoms with Gasteiger partial charge in [-0.25, -0.2) is 4.84 Å². The Hall–Kier alpha value is -0.280. The van der Waals surface area contributed by atoms with Crippen LogP contribution in [0, 0.1) is 0 Å². The molecule has 1 saturated carbocycles. The molecular weight excluding hydrogens is 190 g/mol. The van der Waals surface area contributed by atoms with Crippen molar-refractivity contribution < 1.29 is 9.53 Å². The van der Waals surface area contributed by atoms with Gasteiger partial charge in [0.2, 0.25) is 0 Å². The number of carbonyl (C=O) groups is 1. The second-order valence-corrected chi connectivity index (χ2v) is 4.03. The van der Waals surface area contributed by atoms with Gasteiger partial charge in [0.05, 0.1) is 6.42 Å². The van der Waals surface area contributed by atoms with Crippen LogP contribution in [0.5, 0.6) is 0 Å². The summed E-state index contributed by atoms with van der Waals surface area (Å²) in [7, 11) is 0. The molecule has 0 amide bonds. The summed E-state index contributed by atoms with van der Waals surface area (Å²) in [4.78, 5) is 13.6. The topological polar surface area (TPSA) is 38.3 Å². The summed E-state index contributed by atoms with van der Waals surface area (Å²) in [5.74, 6) is -0.155. The lowest BCUT2D eigenvalue weighted by molar-refractivity contribution is -0.157. The minimum Gasteiger partial charge on any atom is -0.459 e. The molecule has 1 rings (SSSR count). The van der Waals surface area contributed by atoms with Gasteiger partial charge < -0.3 is 4.74 Å². The zero-order valence-corrected chi connectivity index (χ0v) is 8.69. The van der Waals surface area contributed by atoms with E-state index in [1.807, 2.05) is 6.92 Å². The van der Waals surface area contributed by atoms with Crippen molar-refractivity contribution in [1.29, 1.82) is 0 Å². The van der Waals surface area contributed by atoms with E-state index < -0.39 is 0 Å². The average Bonchev–Trinajstić information content (AvgIpc) is 2.48. The molecule has 0 atom stereocenters. The second-order valence-electron chi connectivity index (χ2n) is 3.76. The minimum atomic E-state index is -0.205. The fourth-order valence-electron chi connectivity index (χ4n) is 1.70. The van der Waals surface area contributed by atoms with Gasteiger partial charge in [0.25, 0.3) is 0 Å². The Bertz CT molecular complexity index is 178. The molecule has 1 fully saturated rings. The van der Waals surface area contributed by atoms with Crippen LogP contribution in [0.1, 0.15) is 39.0 Å². The SMILES string of the molecule is CC1(OC(=O)CCNCl)CCCC1. The Morgan fingerprint density at radius 1 is 1.54 bits per heavy atom. The van der Waals surface area contributed by atoms with Crippen LogP contribution in [0.4, 0.5) is 0 Å². The van der Waals surface area contributed by atoms with Gasteiger partial charge in [-0.05, 0) is 44.4 Å². The monoisotopic (exact) mass is 205 g/mol. The van der Waals surface area contributed by atoms with Crippen LogP contribution in [0.25, 0.3) is 0 Å². The van der Waals surface area contributed by atoms with E-state index in [1.165, 1.54) is 0 Å². The summed E-state index contributed by atoms with van der Waals surface area (Å²) >= 11 is 5.24. The first kappa shape index (κ1) is 10.8. The standard InChI is InChI=1S/C9H16ClNO2/c1-9(5-2-3-6-9)13-8(12)4-7-11-10/h11H,2-7H2,1H3. The van der Waals surface area contributed by atoms with Gasteiger partial charge in [-0.3, -0.25) is 4.79 Å². The zero-order valence-electron chi connectivity index (χ0n) is 7.94. The molecule has 0 aromatic rings. The van der Waals surface area contributed by atoms with Crippen molar-refractivity contribution in [3.8, 4) is 0 Å². The van der Waals surface area contributed by atoms with Crippen molar-refractivity contribution in [2.24, 2.45) is 0 Å². The van der Waals surface area contributed by atoms with Crippen molar-refractivity contribution in [2.45, 2.75) is 44.6 Å². The molecule has 0 bridgehead atoms. The number of halogens is 1. The summed E-state index contributed by atoms with van der Waals surface area (Å²) in [6, 6.07) is 0. The van der Waals surface area contributed by atoms with E-state index in [9.17, 15) is 4.79 Å². The van der Waals surface area contributed by atoms with Crippen LogP contribution in [-0.2, 0) is 9.53 Å². The quantitative estimate of drug-likeness (QED) is 0.564. The highest BCUT2D eigenvalue weighted by molar-refractivity contribution is 6.13. The van der Waals surface area contributed by atoms with Crippen molar-refractivity contribution in [2.75, 3.05) is 6.54 Å². The van der Waals surface area contributed by atoms with Gasteiger partial charge in [0.1, 0.15) is 5.60 Å². The van der Waals surface area contributed by atoms with Gasteiger partial charge in [0, 0.05) is 6.54 Å². The van der Waals surface area contributed by atoms with E-state index >= 15 is 0 Å². The third-order valence-corrected chi connectivity index (χ3v) is 2.63. The van der Waals surface area contributed by atoms with Crippen molar-refractivity contribution >= 4 is 17.7 Å². The molecule has 13 heavy (non-hydrogen) atoms. The molecule has 1 aliphatic rings. The van der Waals surface area contributed by atoms with E-state index in [-0.39, 0.29) is 11.6 Å². The molecule has 76 valence electrons. The van der Waals surface area contributed by atoms with E-state index in [4.69, 9.17) is 16.5 Å². The molecule has 3 nitrogen and oxygen atoms in total. The number of nitrogens with one attached hydrogen (secondary N) is 1. The minimum absolute atomic E-state index is 0.155. The summed E-state index contributed by atoms with van der Waals surface area (Å²) in [6.07, 6.45) is 4.66. The smallest absolute Gasteiger partial charge is 0.307 e. The maximum atomic E-state index is 11.2. The Morgan fingerprint density at radius 3 is 2.69 bits per heavy atom. The first-order chi connectivity index (χ1) is 6.16. The van der Waals surface area contributed by atoms with E-state index in [1.54, 1.807) is 0 Å². The molecule has 1 N–H and O–H groups in total. The largest absolute Gasteiger partial charge is 0.459 e. The number of rotatable bonds is 4. The third-order valence-electron chi connectivity index (χ3n) is 2.45. The van der Waals surface area contributed by atoms with Crippen LogP contribution in [-0.4, -0.2) is 18.1 Å². The zero-order chi connectivity index (χ0) is 9.73. The van der Waals surface area contributed by atoms with Crippen LogP contribution >= 0.6 is 11.8 Å². The number of hydrogen-bond donors (Lipinski definition) is 1. The maximum Gasteiger partial charge on any atom is 0.307 e. The van der Waals surface area contributed by atoms with E-state index in [2.05, 4.69) is 4.84 Å². The summed E-state index contributed by atoms with van der Waals surface area (Å²) in [5.41, 5.74) is -0.205. The van der Waals surface area contributed by atoms with Gasteiger partial charge in [-0.1, -0.05) is 0 Å². The van der Waals surface area contributed by atoms with E-state index in [0.717, 1.165) is 25.7 Å². The highest BCUT2D eigenvalue weighted by atomic mass is 35.5. The Labute approximate surface area is 83.9 Å². The molecule has 0 unspecified atom stereocenters. The summed E-state index contributed by atoms with van der Waals surface area (Å²) in [5, 5.41) is 0. The predicted molar refractivity (Wildman–Crippen MR) is 51.4 cm³/mol. The lowest BCUT2D eigenvalue weighted by Gasteiger charge is -2.23. The van der Waals surface area contributed by atoms with Crippen LogP contribution < -0.4 is 4.84 Å². The molecule has 0 spiro atoms. The molecule has 0 aromatic carbocycles. The van der Waals surface area contributed by atoms with Crippen LogP contribution in [0.3, 0.4) is 0 Å². The fraction of sp³-hybridized carbons (Fsp3) is 0.889. The predicted octanol–water partition coefficient (Wildman–Crippen LogP) is 2.00. The summed E-state index contributed by atoms with van der Waals surface area (Å²) in [6.45, 7) is 2.47. The summed E-state index contributed by atoms with van der Waals surface area (Å²) < 4.78 is 5.36. The van der Waals surface area contributed by atoms with E-state index in [0.29, 0.717) is 13.0 Å². The Morgan fingerprint density at radius 2 is 2.15 bits per heavy atom. The second kappa shape index (κ2) is 4.82. The maximum absolute atomic E-state index is 11.2. The lowest BCUT2D eigenvalue weighted by Crippen LogP contribution is -2.29. The van der Waals surface area contributed by atoms with Crippen molar-refractivity contribution in [3.05, 3.63) is 0 Å². The van der Waals surface area contributed by atoms with Gasteiger partial charge in [-0.15, -0.1) is 0 Å². The van der Waals surface area contributed by atoms with Crippen molar-refractivity contribution in [1.82, 2.24) is 4.84 Å². The lowest BCUT2D eigenvalue weighted by atomic mass is 10.1. The molecule has 0 aromatic heterocycles.